The molecule has 120 valence electrons. The van der Waals surface area contributed by atoms with Crippen molar-refractivity contribution in [2.24, 2.45) is 0 Å². The van der Waals surface area contributed by atoms with Gasteiger partial charge < -0.3 is 9.47 Å². The van der Waals surface area contributed by atoms with Crippen LogP contribution in [0.3, 0.4) is 0 Å². The van der Waals surface area contributed by atoms with Gasteiger partial charge in [0.2, 0.25) is 5.79 Å². The van der Waals surface area contributed by atoms with Crippen molar-refractivity contribution >= 4 is 5.57 Å². The summed E-state index contributed by atoms with van der Waals surface area (Å²) in [4.78, 5) is 0. The monoisotopic (exact) mass is 319 g/mol. The Hall–Kier alpha value is -2.64. The van der Waals surface area contributed by atoms with E-state index in [1.54, 1.807) is 24.3 Å². The molecule has 0 aliphatic heterocycles. The second kappa shape index (κ2) is 7.29. The fourth-order valence-electron chi connectivity index (χ4n) is 2.52. The largest absolute Gasteiger partial charge is 0.346 e. The molecular formula is C22H20O2. The number of hydrogen-bond donors (Lipinski definition) is 0. The summed E-state index contributed by atoms with van der Waals surface area (Å²) >= 11 is 0. The van der Waals surface area contributed by atoms with Gasteiger partial charge in [0.25, 0.3) is 0 Å². The van der Waals surface area contributed by atoms with Gasteiger partial charge in [-0.3, -0.25) is 0 Å². The summed E-state index contributed by atoms with van der Waals surface area (Å²) in [5, 5.41) is 0. The van der Waals surface area contributed by atoms with Crippen LogP contribution in [0.2, 0.25) is 0 Å². The predicted molar refractivity (Wildman–Crippen MR) is 97.4 cm³/mol. The van der Waals surface area contributed by atoms with Crippen LogP contribution in [0.25, 0.3) is 5.57 Å². The summed E-state index contributed by atoms with van der Waals surface area (Å²) in [5.74, 6) is -1.41. The van der Waals surface area contributed by atoms with Crippen molar-refractivity contribution < 1.29 is 13.6 Å². The average molecular weight is 319 g/mol. The Balaban J connectivity index is 2.05. The van der Waals surface area contributed by atoms with Gasteiger partial charge in [0.05, 0.1) is 4.11 Å². The molecule has 0 saturated heterocycles. The zero-order chi connectivity index (χ0) is 19.3. The van der Waals surface area contributed by atoms with Gasteiger partial charge in [-0.15, -0.1) is 5.73 Å². The molecular weight excluding hydrogens is 296 g/mol. The van der Waals surface area contributed by atoms with E-state index in [2.05, 4.69) is 5.73 Å². The first-order valence-electron chi connectivity index (χ1n) is 9.16. The highest BCUT2D eigenvalue weighted by Gasteiger charge is 2.24. The second-order valence-electron chi connectivity index (χ2n) is 5.38. The molecule has 1 aliphatic rings. The zero-order valence-electron chi connectivity index (χ0n) is 16.4. The van der Waals surface area contributed by atoms with Crippen LogP contribution in [0.4, 0.5) is 0 Å². The summed E-state index contributed by atoms with van der Waals surface area (Å²) in [5.41, 5.74) is 7.24. The number of ether oxygens (including phenoxy) is 2. The normalized spacial score (nSPS) is 21.5. The molecule has 0 amide bonds. The van der Waals surface area contributed by atoms with Gasteiger partial charge in [-0.25, -0.2) is 0 Å². The van der Waals surface area contributed by atoms with Gasteiger partial charge in [-0.1, -0.05) is 60.7 Å². The maximum atomic E-state index is 7.32. The van der Waals surface area contributed by atoms with Gasteiger partial charge in [-0.05, 0) is 35.4 Å². The van der Waals surface area contributed by atoms with Gasteiger partial charge in [0.1, 0.15) is 0 Å². The predicted octanol–water partition coefficient (Wildman–Crippen LogP) is 4.76. The van der Waals surface area contributed by atoms with Crippen LogP contribution in [0.1, 0.15) is 15.2 Å². The van der Waals surface area contributed by atoms with E-state index in [9.17, 15) is 0 Å². The highest BCUT2D eigenvalue weighted by molar-refractivity contribution is 5.80. The van der Waals surface area contributed by atoms with Crippen molar-refractivity contribution in [2.75, 3.05) is 14.1 Å². The molecule has 0 unspecified atom stereocenters. The van der Waals surface area contributed by atoms with Crippen LogP contribution >= 0.6 is 0 Å². The van der Waals surface area contributed by atoms with Crippen LogP contribution in [0, 0.1) is 0 Å². The van der Waals surface area contributed by atoms with Crippen molar-refractivity contribution in [3.8, 4) is 0 Å². The Labute approximate surface area is 147 Å². The Morgan fingerprint density at radius 3 is 1.88 bits per heavy atom. The number of benzene rings is 2. The van der Waals surface area contributed by atoms with E-state index in [4.69, 9.17) is 13.6 Å². The van der Waals surface area contributed by atoms with Crippen molar-refractivity contribution in [1.29, 1.82) is 0 Å². The van der Waals surface area contributed by atoms with Crippen molar-refractivity contribution in [3.63, 3.8) is 0 Å². The summed E-state index contributed by atoms with van der Waals surface area (Å²) in [6.07, 6.45) is 6.66. The summed E-state index contributed by atoms with van der Waals surface area (Å²) in [6.45, 7) is 0. The highest BCUT2D eigenvalue weighted by Crippen LogP contribution is 2.26. The van der Waals surface area contributed by atoms with E-state index in [-0.39, 0.29) is 0 Å². The Morgan fingerprint density at radius 1 is 0.875 bits per heavy atom. The van der Waals surface area contributed by atoms with E-state index in [1.165, 1.54) is 7.11 Å². The highest BCUT2D eigenvalue weighted by atomic mass is 16.7. The quantitative estimate of drug-likeness (QED) is 0.597. The fourth-order valence-corrected chi connectivity index (χ4v) is 2.52. The molecule has 0 saturated carbocycles. The minimum absolute atomic E-state index is 0.791. The van der Waals surface area contributed by atoms with E-state index >= 15 is 0 Å². The first-order chi connectivity index (χ1) is 12.9. The summed E-state index contributed by atoms with van der Waals surface area (Å²) in [7, 11) is -1.16. The minimum Gasteiger partial charge on any atom is -0.346 e. The Morgan fingerprint density at radius 2 is 1.42 bits per heavy atom. The van der Waals surface area contributed by atoms with Gasteiger partial charge >= 0.3 is 0 Å². The number of methoxy groups -OCH3 is 2. The standard InChI is InChI=1S/C22H20O2/c1-23-22(24-2)15-13-18(14-16-22)17-21(19-9-5-3-6-10-19)20-11-7-4-8-12-20/h3-16H,1-2H3/i1D3. The molecule has 2 heteroatoms. The van der Waals surface area contributed by atoms with Gasteiger partial charge in [0.15, 0.2) is 0 Å². The third-order valence-electron chi connectivity index (χ3n) is 3.86. The molecule has 0 N–H and O–H groups in total. The van der Waals surface area contributed by atoms with E-state index < -0.39 is 12.8 Å². The summed E-state index contributed by atoms with van der Waals surface area (Å²) in [6, 6.07) is 20.0. The van der Waals surface area contributed by atoms with E-state index in [1.807, 2.05) is 60.7 Å². The summed E-state index contributed by atoms with van der Waals surface area (Å²) < 4.78 is 32.3. The lowest BCUT2D eigenvalue weighted by atomic mass is 9.96. The maximum absolute atomic E-state index is 7.32. The minimum atomic E-state index is -2.57. The smallest absolute Gasteiger partial charge is 0.208 e. The fraction of sp³-hybridized carbons (Fsp3) is 0.136. The van der Waals surface area contributed by atoms with Crippen LogP contribution < -0.4 is 0 Å². The van der Waals surface area contributed by atoms with Crippen molar-refractivity contribution in [2.45, 2.75) is 5.79 Å². The average Bonchev–Trinajstić information content (AvgIpc) is 2.67. The molecule has 0 aromatic heterocycles. The van der Waals surface area contributed by atoms with Crippen LogP contribution in [0.15, 0.2) is 96.3 Å². The third kappa shape index (κ3) is 3.47. The number of rotatable bonds is 4. The lowest BCUT2D eigenvalue weighted by Gasteiger charge is -2.25. The van der Waals surface area contributed by atoms with Gasteiger partial charge in [-0.2, -0.15) is 0 Å². The number of allylic oxidation sites excluding steroid dienone is 3. The maximum Gasteiger partial charge on any atom is 0.208 e. The van der Waals surface area contributed by atoms with E-state index in [0.29, 0.717) is 0 Å². The van der Waals surface area contributed by atoms with Crippen LogP contribution in [-0.2, 0) is 9.47 Å². The van der Waals surface area contributed by atoms with Crippen molar-refractivity contribution in [3.05, 3.63) is 107 Å². The molecule has 3 rings (SSSR count). The molecule has 0 spiro atoms. The molecule has 0 bridgehead atoms. The van der Waals surface area contributed by atoms with Crippen LogP contribution in [0.5, 0.6) is 0 Å². The molecule has 1 aliphatic carbocycles. The lowest BCUT2D eigenvalue weighted by molar-refractivity contribution is -0.133. The number of hydrogen-bond acceptors (Lipinski definition) is 2. The molecule has 24 heavy (non-hydrogen) atoms. The first-order valence-corrected chi connectivity index (χ1v) is 7.66. The lowest BCUT2D eigenvalue weighted by Crippen LogP contribution is -2.29. The van der Waals surface area contributed by atoms with Crippen molar-refractivity contribution in [1.82, 2.24) is 0 Å². The molecule has 0 fully saturated rings. The second-order valence-corrected chi connectivity index (χ2v) is 5.38. The Kier molecular flexibility index (Phi) is 3.87. The first kappa shape index (κ1) is 12.7. The van der Waals surface area contributed by atoms with Gasteiger partial charge in [0, 0.05) is 25.3 Å². The molecule has 2 aromatic carbocycles. The Bertz CT molecular complexity index is 846. The zero-order valence-corrected chi connectivity index (χ0v) is 13.4. The van der Waals surface area contributed by atoms with Crippen LogP contribution in [-0.4, -0.2) is 19.9 Å². The molecule has 0 radical (unpaired) electrons. The SMILES string of the molecule is [2H]C([2H])([2H])OC1(OC)C=CC(=C=C(c2ccccc2)c2ccccc2)C=C1. The molecule has 2 aromatic rings. The molecule has 2 nitrogen and oxygen atoms in total. The molecule has 0 atom stereocenters. The van der Waals surface area contributed by atoms with E-state index in [0.717, 1.165) is 22.3 Å². The topological polar surface area (TPSA) is 18.5 Å². The molecule has 0 heterocycles. The third-order valence-corrected chi connectivity index (χ3v) is 3.86.